The monoisotopic (exact) mass is 500 g/mol. The molecule has 0 unspecified atom stereocenters. The summed E-state index contributed by atoms with van der Waals surface area (Å²) < 4.78 is 20.7. The van der Waals surface area contributed by atoms with Crippen molar-refractivity contribution in [2.45, 2.75) is 18.3 Å². The van der Waals surface area contributed by atoms with E-state index in [0.717, 1.165) is 0 Å². The number of hydrogen-bond donors (Lipinski definition) is 1. The number of nitrogens with one attached hydrogen (secondary N) is 1. The third-order valence-electron chi connectivity index (χ3n) is 3.89. The number of nitrogens with zero attached hydrogens (tertiary/aromatic N) is 3. The van der Waals surface area contributed by atoms with Gasteiger partial charge in [0.15, 0.2) is 11.0 Å². The molecule has 0 saturated carbocycles. The highest BCUT2D eigenvalue weighted by molar-refractivity contribution is 7.99. The van der Waals surface area contributed by atoms with E-state index in [1.54, 1.807) is 28.8 Å². The Morgan fingerprint density at radius 3 is 2.71 bits per heavy atom. The van der Waals surface area contributed by atoms with Gasteiger partial charge < -0.3 is 10.1 Å². The molecule has 0 aliphatic heterocycles. The molecule has 1 amide bonds. The van der Waals surface area contributed by atoms with Crippen LogP contribution in [0.15, 0.2) is 54.2 Å². The van der Waals surface area contributed by atoms with Gasteiger partial charge in [-0.2, -0.15) is 0 Å². The molecule has 2 aromatic carbocycles. The van der Waals surface area contributed by atoms with Crippen LogP contribution in [-0.2, 0) is 17.9 Å². The highest BCUT2D eigenvalue weighted by atomic mass is 35.5. The van der Waals surface area contributed by atoms with Crippen molar-refractivity contribution < 1.29 is 13.9 Å². The number of anilines is 1. The van der Waals surface area contributed by atoms with Gasteiger partial charge in [-0.1, -0.05) is 52.6 Å². The fraction of sp³-hybridized carbons (Fsp3) is 0.150. The van der Waals surface area contributed by atoms with Gasteiger partial charge in [-0.3, -0.25) is 9.36 Å². The van der Waals surface area contributed by atoms with Gasteiger partial charge in [-0.05, 0) is 36.4 Å². The van der Waals surface area contributed by atoms with Crippen LogP contribution in [0.3, 0.4) is 0 Å². The number of carbonyl (C=O) groups is 1. The lowest BCUT2D eigenvalue weighted by Crippen LogP contribution is -2.15. The second-order valence-electron chi connectivity index (χ2n) is 6.13. The first-order valence-electron chi connectivity index (χ1n) is 8.86. The van der Waals surface area contributed by atoms with E-state index in [1.165, 1.54) is 30.0 Å². The number of carbonyl (C=O) groups excluding carboxylic acids is 1. The number of aromatic nitrogens is 3. The number of thioether (sulfide) groups is 1. The molecule has 0 radical (unpaired) electrons. The zero-order chi connectivity index (χ0) is 22.4. The van der Waals surface area contributed by atoms with Crippen molar-refractivity contribution in [3.8, 4) is 5.75 Å². The number of amides is 1. The molecular formula is C20H16Cl3FN4O2S. The van der Waals surface area contributed by atoms with Crippen molar-refractivity contribution >= 4 is 58.2 Å². The van der Waals surface area contributed by atoms with E-state index >= 15 is 0 Å². The van der Waals surface area contributed by atoms with Crippen molar-refractivity contribution in [2.24, 2.45) is 0 Å². The van der Waals surface area contributed by atoms with Crippen LogP contribution in [0.25, 0.3) is 0 Å². The highest BCUT2D eigenvalue weighted by Gasteiger charge is 2.15. The smallest absolute Gasteiger partial charge is 0.234 e. The van der Waals surface area contributed by atoms with Crippen molar-refractivity contribution in [1.29, 1.82) is 0 Å². The number of hydrogen-bond acceptors (Lipinski definition) is 5. The Bertz CT molecular complexity index is 1110. The maximum atomic E-state index is 13.2. The minimum Gasteiger partial charge on any atom is -0.484 e. The Kier molecular flexibility index (Phi) is 8.20. The van der Waals surface area contributed by atoms with E-state index in [0.29, 0.717) is 39.0 Å². The summed E-state index contributed by atoms with van der Waals surface area (Å²) in [5.74, 6) is 0.214. The normalized spacial score (nSPS) is 10.7. The SMILES string of the molecule is C=CCn1c(COc2ccc(Cl)cc2Cl)nnc1SCC(=O)Nc1ccc(F)c(Cl)c1. The van der Waals surface area contributed by atoms with Crippen LogP contribution in [0.2, 0.25) is 15.1 Å². The molecule has 1 aromatic heterocycles. The van der Waals surface area contributed by atoms with E-state index in [1.807, 2.05) is 0 Å². The first-order valence-corrected chi connectivity index (χ1v) is 11.0. The molecule has 1 N–H and O–H groups in total. The third kappa shape index (κ3) is 6.36. The Labute approximate surface area is 197 Å². The summed E-state index contributed by atoms with van der Waals surface area (Å²) in [5, 5.41) is 12.3. The molecule has 0 atom stereocenters. The Balaban J connectivity index is 1.63. The lowest BCUT2D eigenvalue weighted by Gasteiger charge is -2.10. The summed E-state index contributed by atoms with van der Waals surface area (Å²) in [5.41, 5.74) is 0.401. The third-order valence-corrected chi connectivity index (χ3v) is 5.68. The van der Waals surface area contributed by atoms with Crippen LogP contribution in [0.1, 0.15) is 5.82 Å². The van der Waals surface area contributed by atoms with Crippen LogP contribution >= 0.6 is 46.6 Å². The fourth-order valence-electron chi connectivity index (χ4n) is 2.48. The molecule has 31 heavy (non-hydrogen) atoms. The van der Waals surface area contributed by atoms with Crippen LogP contribution in [0.4, 0.5) is 10.1 Å². The van der Waals surface area contributed by atoms with Gasteiger partial charge in [-0.15, -0.1) is 16.8 Å². The summed E-state index contributed by atoms with van der Waals surface area (Å²) >= 11 is 18.9. The molecule has 3 rings (SSSR count). The van der Waals surface area contributed by atoms with Gasteiger partial charge in [-0.25, -0.2) is 4.39 Å². The topological polar surface area (TPSA) is 69.0 Å². The average molecular weight is 502 g/mol. The number of rotatable bonds is 9. The number of halogens is 4. The predicted molar refractivity (Wildman–Crippen MR) is 122 cm³/mol. The van der Waals surface area contributed by atoms with Gasteiger partial charge in [0.05, 0.1) is 15.8 Å². The van der Waals surface area contributed by atoms with Crippen LogP contribution in [-0.4, -0.2) is 26.4 Å². The molecule has 0 bridgehead atoms. The minimum absolute atomic E-state index is 0.0636. The standard InChI is InChI=1S/C20H16Cl3FN4O2S/c1-2-7-28-18(10-30-17-6-3-12(21)8-15(17)23)26-27-20(28)31-11-19(29)25-13-4-5-16(24)14(22)9-13/h2-6,8-9H,1,7,10-11H2,(H,25,29). The Morgan fingerprint density at radius 1 is 1.19 bits per heavy atom. The Hall–Kier alpha value is -2.26. The molecule has 3 aromatic rings. The lowest BCUT2D eigenvalue weighted by atomic mass is 10.3. The van der Waals surface area contributed by atoms with E-state index in [-0.39, 0.29) is 23.3 Å². The molecule has 6 nitrogen and oxygen atoms in total. The van der Waals surface area contributed by atoms with E-state index in [2.05, 4.69) is 22.1 Å². The first kappa shape index (κ1) is 23.4. The van der Waals surface area contributed by atoms with Crippen LogP contribution in [0, 0.1) is 5.82 Å². The van der Waals surface area contributed by atoms with Gasteiger partial charge in [0.25, 0.3) is 0 Å². The molecule has 11 heteroatoms. The number of ether oxygens (including phenoxy) is 1. The second kappa shape index (κ2) is 10.9. The average Bonchev–Trinajstić information content (AvgIpc) is 3.10. The van der Waals surface area contributed by atoms with E-state index in [9.17, 15) is 9.18 Å². The van der Waals surface area contributed by atoms with Gasteiger partial charge in [0, 0.05) is 17.3 Å². The van der Waals surface area contributed by atoms with Crippen molar-refractivity contribution in [3.63, 3.8) is 0 Å². The highest BCUT2D eigenvalue weighted by Crippen LogP contribution is 2.28. The Morgan fingerprint density at radius 2 is 2.00 bits per heavy atom. The van der Waals surface area contributed by atoms with Crippen LogP contribution < -0.4 is 10.1 Å². The first-order chi connectivity index (χ1) is 14.9. The molecule has 0 saturated heterocycles. The fourth-order valence-corrected chi connectivity index (χ4v) is 3.89. The molecular weight excluding hydrogens is 486 g/mol. The summed E-state index contributed by atoms with van der Waals surface area (Å²) in [4.78, 5) is 12.2. The summed E-state index contributed by atoms with van der Waals surface area (Å²) in [7, 11) is 0. The van der Waals surface area contributed by atoms with Crippen molar-refractivity contribution in [2.75, 3.05) is 11.1 Å². The maximum absolute atomic E-state index is 13.2. The predicted octanol–water partition coefficient (Wildman–Crippen LogP) is 5.87. The van der Waals surface area contributed by atoms with Gasteiger partial charge >= 0.3 is 0 Å². The largest absolute Gasteiger partial charge is 0.484 e. The number of allylic oxidation sites excluding steroid dienone is 1. The maximum Gasteiger partial charge on any atom is 0.234 e. The molecule has 0 aliphatic carbocycles. The summed E-state index contributed by atoms with van der Waals surface area (Å²) in [6.07, 6.45) is 1.69. The summed E-state index contributed by atoms with van der Waals surface area (Å²) in [6.45, 7) is 4.28. The molecule has 0 aliphatic rings. The molecule has 0 spiro atoms. The lowest BCUT2D eigenvalue weighted by molar-refractivity contribution is -0.113. The van der Waals surface area contributed by atoms with E-state index < -0.39 is 5.82 Å². The zero-order valence-electron chi connectivity index (χ0n) is 15.9. The second-order valence-corrected chi connectivity index (χ2v) is 8.32. The van der Waals surface area contributed by atoms with Gasteiger partial charge in [0.1, 0.15) is 18.2 Å². The van der Waals surface area contributed by atoms with Crippen LogP contribution in [0.5, 0.6) is 5.75 Å². The number of benzene rings is 2. The minimum atomic E-state index is -0.554. The molecule has 1 heterocycles. The van der Waals surface area contributed by atoms with E-state index in [4.69, 9.17) is 39.5 Å². The van der Waals surface area contributed by atoms with Crippen molar-refractivity contribution in [3.05, 3.63) is 75.8 Å². The van der Waals surface area contributed by atoms with Gasteiger partial charge in [0.2, 0.25) is 5.91 Å². The quantitative estimate of drug-likeness (QED) is 0.293. The summed E-state index contributed by atoms with van der Waals surface area (Å²) in [6, 6.07) is 8.89. The van der Waals surface area contributed by atoms with Crippen molar-refractivity contribution in [1.82, 2.24) is 14.8 Å². The molecule has 0 fully saturated rings. The zero-order valence-corrected chi connectivity index (χ0v) is 19.0. The molecule has 162 valence electrons.